The molecule has 2 aliphatic rings. The molecule has 1 atom stereocenters. The summed E-state index contributed by atoms with van der Waals surface area (Å²) in [5.41, 5.74) is 0.959. The van der Waals surface area contributed by atoms with E-state index in [2.05, 4.69) is 17.0 Å². The van der Waals surface area contributed by atoms with Gasteiger partial charge in [0.25, 0.3) is 0 Å². The lowest BCUT2D eigenvalue weighted by Gasteiger charge is -2.29. The largest absolute Gasteiger partial charge is 0.365 e. The molecule has 1 aromatic carbocycles. The van der Waals surface area contributed by atoms with Crippen LogP contribution in [0.5, 0.6) is 0 Å². The Hall–Kier alpha value is -1.42. The van der Waals surface area contributed by atoms with Gasteiger partial charge >= 0.3 is 0 Å². The number of ketones is 2. The molecule has 1 aliphatic carbocycles. The smallest absolute Gasteiger partial charge is 0.172 e. The molecule has 1 aromatic rings. The third kappa shape index (κ3) is 2.12. The summed E-state index contributed by atoms with van der Waals surface area (Å²) >= 11 is 0. The van der Waals surface area contributed by atoms with Crippen molar-refractivity contribution in [3.05, 3.63) is 24.3 Å². The van der Waals surface area contributed by atoms with E-state index in [9.17, 15) is 9.59 Å². The summed E-state index contributed by atoms with van der Waals surface area (Å²) in [6.07, 6.45) is 0.979. The Morgan fingerprint density at radius 2 is 1.70 bits per heavy atom. The summed E-state index contributed by atoms with van der Waals surface area (Å²) in [4.78, 5) is 28.8. The van der Waals surface area contributed by atoms with Crippen LogP contribution in [0, 0.1) is 5.41 Å². The number of para-hydroxylation sites is 1. The molecule has 20 heavy (non-hydrogen) atoms. The zero-order valence-electron chi connectivity index (χ0n) is 12.1. The highest BCUT2D eigenvalue weighted by Crippen LogP contribution is 2.45. The number of carbonyl (C=O) groups is 2. The summed E-state index contributed by atoms with van der Waals surface area (Å²) in [7, 11) is 1.65. The van der Waals surface area contributed by atoms with Crippen molar-refractivity contribution in [3.8, 4) is 0 Å². The maximum atomic E-state index is 12.5. The first kappa shape index (κ1) is 13.6. The highest BCUT2D eigenvalue weighted by molar-refractivity contribution is 8.18. The van der Waals surface area contributed by atoms with Gasteiger partial charge in [-0.15, -0.1) is 10.5 Å². The van der Waals surface area contributed by atoms with Gasteiger partial charge < -0.3 is 4.90 Å². The number of anilines is 1. The van der Waals surface area contributed by atoms with Crippen LogP contribution in [0.15, 0.2) is 29.2 Å². The number of Topliss-reactive ketones (excluding diaryl/α,β-unsaturated/α-hetero) is 2. The SMILES string of the molecule is CN1CS(=C2C(=O)CC(C)(C)CC2=O)c2ccccc21. The molecule has 0 saturated heterocycles. The first-order chi connectivity index (χ1) is 9.39. The third-order valence-corrected chi connectivity index (χ3v) is 6.37. The van der Waals surface area contributed by atoms with Crippen LogP contribution in [-0.2, 0) is 9.59 Å². The molecule has 4 heteroatoms. The Balaban J connectivity index is 2.13. The highest BCUT2D eigenvalue weighted by atomic mass is 32.2. The quantitative estimate of drug-likeness (QED) is 0.689. The summed E-state index contributed by atoms with van der Waals surface area (Å²) in [6, 6.07) is 8.10. The van der Waals surface area contributed by atoms with E-state index < -0.39 is 0 Å². The minimum Gasteiger partial charge on any atom is -0.365 e. The highest BCUT2D eigenvalue weighted by Gasteiger charge is 2.38. The maximum absolute atomic E-state index is 12.5. The molecule has 1 saturated carbocycles. The van der Waals surface area contributed by atoms with E-state index in [4.69, 9.17) is 0 Å². The lowest BCUT2D eigenvalue weighted by Crippen LogP contribution is -2.38. The van der Waals surface area contributed by atoms with Gasteiger partial charge in [-0.1, -0.05) is 26.0 Å². The number of hydrogen-bond donors (Lipinski definition) is 0. The molecular weight excluding hydrogens is 270 g/mol. The van der Waals surface area contributed by atoms with Gasteiger partial charge in [0.1, 0.15) is 0 Å². The van der Waals surface area contributed by atoms with E-state index in [1.54, 1.807) is 0 Å². The Kier molecular flexibility index (Phi) is 3.09. The van der Waals surface area contributed by atoms with Crippen molar-refractivity contribution in [3.63, 3.8) is 0 Å². The van der Waals surface area contributed by atoms with Crippen LogP contribution in [0.25, 0.3) is 0 Å². The van der Waals surface area contributed by atoms with Crippen LogP contribution in [0.2, 0.25) is 0 Å². The van der Waals surface area contributed by atoms with Crippen molar-refractivity contribution >= 4 is 32.6 Å². The van der Waals surface area contributed by atoms with Gasteiger partial charge in [-0.2, -0.15) is 0 Å². The van der Waals surface area contributed by atoms with Crippen LogP contribution < -0.4 is 4.90 Å². The van der Waals surface area contributed by atoms with Crippen LogP contribution in [0.1, 0.15) is 26.7 Å². The first-order valence-corrected chi connectivity index (χ1v) is 8.23. The molecular formula is C16H19NO2S. The van der Waals surface area contributed by atoms with Gasteiger partial charge in [-0.3, -0.25) is 9.59 Å². The van der Waals surface area contributed by atoms with Crippen LogP contribution in [0.3, 0.4) is 0 Å². The fraction of sp³-hybridized carbons (Fsp3) is 0.438. The second kappa shape index (κ2) is 4.55. The number of benzene rings is 1. The second-order valence-electron chi connectivity index (χ2n) is 6.38. The molecule has 3 nitrogen and oxygen atoms in total. The summed E-state index contributed by atoms with van der Waals surface area (Å²) in [6.45, 7) is 3.99. The topological polar surface area (TPSA) is 37.4 Å². The van der Waals surface area contributed by atoms with E-state index in [1.165, 1.54) is 0 Å². The van der Waals surface area contributed by atoms with Crippen molar-refractivity contribution in [1.82, 2.24) is 0 Å². The number of rotatable bonds is 0. The molecule has 0 radical (unpaired) electrons. The van der Waals surface area contributed by atoms with Gasteiger partial charge in [0.15, 0.2) is 11.6 Å². The van der Waals surface area contributed by atoms with E-state index in [0.29, 0.717) is 17.7 Å². The van der Waals surface area contributed by atoms with Crippen molar-refractivity contribution in [2.75, 3.05) is 17.8 Å². The zero-order valence-corrected chi connectivity index (χ0v) is 12.9. The van der Waals surface area contributed by atoms with Crippen molar-refractivity contribution in [2.24, 2.45) is 5.41 Å². The number of fused-ring (bicyclic) bond motifs is 1. The normalized spacial score (nSPS) is 25.1. The van der Waals surface area contributed by atoms with Gasteiger partial charge in [-0.05, 0) is 17.5 Å². The predicted molar refractivity (Wildman–Crippen MR) is 83.6 cm³/mol. The van der Waals surface area contributed by atoms with Crippen LogP contribution in [0.4, 0.5) is 5.69 Å². The van der Waals surface area contributed by atoms with E-state index in [-0.39, 0.29) is 27.5 Å². The van der Waals surface area contributed by atoms with Crippen LogP contribution >= 0.6 is 10.5 Å². The Labute approximate surface area is 121 Å². The molecule has 1 fully saturated rings. The lowest BCUT2D eigenvalue weighted by molar-refractivity contribution is -0.122. The van der Waals surface area contributed by atoms with Gasteiger partial charge in [0.2, 0.25) is 0 Å². The molecule has 0 spiro atoms. The molecule has 106 valence electrons. The molecule has 1 aliphatic heterocycles. The number of nitrogens with zero attached hydrogens (tertiary/aromatic N) is 1. The summed E-state index contributed by atoms with van der Waals surface area (Å²) in [5.74, 6) is 0.867. The molecule has 1 unspecified atom stereocenters. The molecule has 3 rings (SSSR count). The van der Waals surface area contributed by atoms with Gasteiger partial charge in [-0.25, -0.2) is 0 Å². The van der Waals surface area contributed by atoms with Gasteiger partial charge in [0.05, 0.1) is 16.4 Å². The average Bonchev–Trinajstić information content (AvgIpc) is 2.65. The first-order valence-electron chi connectivity index (χ1n) is 6.83. The van der Waals surface area contributed by atoms with E-state index in [0.717, 1.165) is 16.5 Å². The fourth-order valence-corrected chi connectivity index (χ4v) is 5.44. The molecule has 0 bridgehead atoms. The molecule has 0 aromatic heterocycles. The minimum absolute atomic E-state index is 0.0553. The van der Waals surface area contributed by atoms with Crippen molar-refractivity contribution < 1.29 is 9.59 Å². The fourth-order valence-electron chi connectivity index (χ4n) is 3.01. The Morgan fingerprint density at radius 1 is 1.10 bits per heavy atom. The average molecular weight is 289 g/mol. The monoisotopic (exact) mass is 289 g/mol. The summed E-state index contributed by atoms with van der Waals surface area (Å²) in [5, 5.41) is 0. The lowest BCUT2D eigenvalue weighted by atomic mass is 9.76. The molecule has 0 N–H and O–H groups in total. The predicted octanol–water partition coefficient (Wildman–Crippen LogP) is 2.85. The minimum atomic E-state index is -0.369. The zero-order chi connectivity index (χ0) is 14.5. The third-order valence-electron chi connectivity index (χ3n) is 3.90. The summed E-state index contributed by atoms with van der Waals surface area (Å²) < 4.78 is 0. The van der Waals surface area contributed by atoms with Crippen molar-refractivity contribution in [1.29, 1.82) is 0 Å². The second-order valence-corrected chi connectivity index (χ2v) is 8.27. The maximum Gasteiger partial charge on any atom is 0.172 e. The Morgan fingerprint density at radius 3 is 2.35 bits per heavy atom. The van der Waals surface area contributed by atoms with E-state index in [1.807, 2.05) is 33.0 Å². The van der Waals surface area contributed by atoms with E-state index >= 15 is 0 Å². The molecule has 0 amide bonds. The molecule has 1 heterocycles. The number of carbonyl (C=O) groups excluding carboxylic acids is 2. The number of hydrogen-bond acceptors (Lipinski definition) is 3. The standard InChI is InChI=1S/C16H19NO2S/c1-16(2)8-12(18)15(13(19)9-16)20-10-17(3)11-6-4-5-7-14(11)20/h4-7H,8-10H2,1-3H3. The Bertz CT molecular complexity index is 624. The van der Waals surface area contributed by atoms with Crippen LogP contribution in [-0.4, -0.2) is 29.4 Å². The van der Waals surface area contributed by atoms with Crippen molar-refractivity contribution in [2.45, 2.75) is 31.6 Å². The van der Waals surface area contributed by atoms with Gasteiger partial charge in [0, 0.05) is 24.8 Å².